The van der Waals surface area contributed by atoms with Crippen molar-refractivity contribution in [3.8, 4) is 5.75 Å². The second kappa shape index (κ2) is 7.22. The van der Waals surface area contributed by atoms with Crippen molar-refractivity contribution in [1.82, 2.24) is 15.3 Å². The number of hydrogen-bond acceptors (Lipinski definition) is 4. The molecule has 1 aromatic carbocycles. The standard InChI is InChI=1S/C18H23N3O2/c1-18(2,3)17-14(10-19-12-21-17)11-20-16(22)9-13-6-5-7-15(8-13)23-4/h5-8,10,12H,9,11H2,1-4H3,(H,20,22). The number of carbonyl (C=O) groups excluding carboxylic acids is 1. The summed E-state index contributed by atoms with van der Waals surface area (Å²) < 4.78 is 5.17. The largest absolute Gasteiger partial charge is 0.497 e. The Kier molecular flexibility index (Phi) is 5.32. The predicted molar refractivity (Wildman–Crippen MR) is 89.3 cm³/mol. The van der Waals surface area contributed by atoms with Gasteiger partial charge in [-0.1, -0.05) is 32.9 Å². The van der Waals surface area contributed by atoms with Crippen LogP contribution in [0.4, 0.5) is 0 Å². The lowest BCUT2D eigenvalue weighted by Crippen LogP contribution is -2.27. The number of nitrogens with zero attached hydrogens (tertiary/aromatic N) is 2. The third-order valence-electron chi connectivity index (χ3n) is 3.47. The monoisotopic (exact) mass is 313 g/mol. The number of nitrogens with one attached hydrogen (secondary N) is 1. The summed E-state index contributed by atoms with van der Waals surface area (Å²) in [6, 6.07) is 7.52. The fourth-order valence-corrected chi connectivity index (χ4v) is 2.39. The highest BCUT2D eigenvalue weighted by molar-refractivity contribution is 5.78. The third kappa shape index (κ3) is 4.77. The number of carbonyl (C=O) groups is 1. The molecule has 0 bridgehead atoms. The Morgan fingerprint density at radius 2 is 2.09 bits per heavy atom. The molecule has 0 aliphatic heterocycles. The summed E-state index contributed by atoms with van der Waals surface area (Å²) in [5.41, 5.74) is 2.73. The highest BCUT2D eigenvalue weighted by Gasteiger charge is 2.19. The first-order valence-corrected chi connectivity index (χ1v) is 7.59. The highest BCUT2D eigenvalue weighted by Crippen LogP contribution is 2.22. The number of ether oxygens (including phenoxy) is 1. The van der Waals surface area contributed by atoms with Crippen molar-refractivity contribution in [2.24, 2.45) is 0 Å². The molecule has 0 atom stereocenters. The molecule has 2 aromatic rings. The van der Waals surface area contributed by atoms with Gasteiger partial charge in [-0.3, -0.25) is 4.79 Å². The number of hydrogen-bond donors (Lipinski definition) is 1. The van der Waals surface area contributed by atoms with Gasteiger partial charge in [0, 0.05) is 23.7 Å². The summed E-state index contributed by atoms with van der Waals surface area (Å²) in [5, 5.41) is 2.94. The normalized spacial score (nSPS) is 11.1. The van der Waals surface area contributed by atoms with E-state index < -0.39 is 0 Å². The molecule has 0 saturated heterocycles. The van der Waals surface area contributed by atoms with Gasteiger partial charge in [0.25, 0.3) is 0 Å². The van der Waals surface area contributed by atoms with Crippen LogP contribution < -0.4 is 10.1 Å². The molecule has 0 saturated carbocycles. The summed E-state index contributed by atoms with van der Waals surface area (Å²) in [5.74, 6) is 0.712. The highest BCUT2D eigenvalue weighted by atomic mass is 16.5. The Balaban J connectivity index is 2.00. The lowest BCUT2D eigenvalue weighted by Gasteiger charge is -2.21. The van der Waals surface area contributed by atoms with Gasteiger partial charge in [-0.25, -0.2) is 9.97 Å². The number of aromatic nitrogens is 2. The maximum Gasteiger partial charge on any atom is 0.224 e. The molecule has 122 valence electrons. The summed E-state index contributed by atoms with van der Waals surface area (Å²) in [6.07, 6.45) is 3.62. The van der Waals surface area contributed by atoms with E-state index in [0.717, 1.165) is 22.6 Å². The molecule has 2 rings (SSSR count). The number of benzene rings is 1. The van der Waals surface area contributed by atoms with E-state index in [1.165, 1.54) is 0 Å². The van der Waals surface area contributed by atoms with Crippen molar-refractivity contribution in [3.05, 3.63) is 53.6 Å². The molecule has 0 aliphatic carbocycles. The average Bonchev–Trinajstić information content (AvgIpc) is 2.52. The van der Waals surface area contributed by atoms with Gasteiger partial charge in [0.05, 0.1) is 19.2 Å². The molecule has 0 fully saturated rings. The van der Waals surface area contributed by atoms with Crippen LogP contribution >= 0.6 is 0 Å². The van der Waals surface area contributed by atoms with Crippen LogP contribution in [-0.4, -0.2) is 23.0 Å². The fourth-order valence-electron chi connectivity index (χ4n) is 2.39. The summed E-state index contributed by atoms with van der Waals surface area (Å²) >= 11 is 0. The van der Waals surface area contributed by atoms with Crippen LogP contribution in [0.25, 0.3) is 0 Å². The second-order valence-corrected chi connectivity index (χ2v) is 6.45. The van der Waals surface area contributed by atoms with Gasteiger partial charge >= 0.3 is 0 Å². The number of rotatable bonds is 5. The maximum absolute atomic E-state index is 12.2. The quantitative estimate of drug-likeness (QED) is 0.921. The number of methoxy groups -OCH3 is 1. The zero-order valence-corrected chi connectivity index (χ0v) is 14.1. The first-order valence-electron chi connectivity index (χ1n) is 7.59. The van der Waals surface area contributed by atoms with Crippen LogP contribution in [-0.2, 0) is 23.2 Å². The van der Waals surface area contributed by atoms with E-state index >= 15 is 0 Å². The summed E-state index contributed by atoms with van der Waals surface area (Å²) in [6.45, 7) is 6.71. The van der Waals surface area contributed by atoms with Crippen LogP contribution in [0.15, 0.2) is 36.8 Å². The van der Waals surface area contributed by atoms with E-state index in [1.807, 2.05) is 24.3 Å². The minimum Gasteiger partial charge on any atom is -0.497 e. The first kappa shape index (κ1) is 16.9. The summed E-state index contributed by atoms with van der Waals surface area (Å²) in [4.78, 5) is 20.6. The lowest BCUT2D eigenvalue weighted by atomic mass is 9.89. The Morgan fingerprint density at radius 3 is 2.78 bits per heavy atom. The van der Waals surface area contributed by atoms with Crippen LogP contribution in [0.5, 0.6) is 5.75 Å². The zero-order chi connectivity index (χ0) is 16.9. The van der Waals surface area contributed by atoms with Gasteiger partial charge in [-0.15, -0.1) is 0 Å². The van der Waals surface area contributed by atoms with Gasteiger partial charge in [0.2, 0.25) is 5.91 Å². The molecular weight excluding hydrogens is 290 g/mol. The minimum atomic E-state index is -0.0875. The SMILES string of the molecule is COc1cccc(CC(=O)NCc2cncnc2C(C)(C)C)c1. The smallest absolute Gasteiger partial charge is 0.224 e. The molecule has 23 heavy (non-hydrogen) atoms. The zero-order valence-electron chi connectivity index (χ0n) is 14.1. The molecule has 1 heterocycles. The molecule has 1 N–H and O–H groups in total. The van der Waals surface area contributed by atoms with Crippen molar-refractivity contribution < 1.29 is 9.53 Å². The van der Waals surface area contributed by atoms with Crippen molar-refractivity contribution in [2.75, 3.05) is 7.11 Å². The van der Waals surface area contributed by atoms with E-state index in [9.17, 15) is 4.79 Å². The molecule has 0 radical (unpaired) electrons. The van der Waals surface area contributed by atoms with Gasteiger partial charge in [0.1, 0.15) is 12.1 Å². The van der Waals surface area contributed by atoms with Crippen LogP contribution in [0.2, 0.25) is 0 Å². The van der Waals surface area contributed by atoms with Crippen LogP contribution in [0, 0.1) is 0 Å². The molecule has 1 aromatic heterocycles. The van der Waals surface area contributed by atoms with Gasteiger partial charge in [0.15, 0.2) is 0 Å². The third-order valence-corrected chi connectivity index (χ3v) is 3.47. The molecule has 0 aliphatic rings. The Hall–Kier alpha value is -2.43. The Labute approximate surface area is 137 Å². The molecule has 0 spiro atoms. The van der Waals surface area contributed by atoms with E-state index in [1.54, 1.807) is 19.6 Å². The van der Waals surface area contributed by atoms with Gasteiger partial charge in [-0.05, 0) is 17.7 Å². The Bertz CT molecular complexity index is 678. The van der Waals surface area contributed by atoms with E-state index in [-0.39, 0.29) is 11.3 Å². The van der Waals surface area contributed by atoms with E-state index in [0.29, 0.717) is 13.0 Å². The van der Waals surface area contributed by atoms with Crippen molar-refractivity contribution >= 4 is 5.91 Å². The predicted octanol–water partition coefficient (Wildman–Crippen LogP) is 2.64. The average molecular weight is 313 g/mol. The molecule has 0 unspecified atom stereocenters. The molecular formula is C18H23N3O2. The minimum absolute atomic E-state index is 0.0398. The van der Waals surface area contributed by atoms with Crippen LogP contribution in [0.3, 0.4) is 0 Å². The second-order valence-electron chi connectivity index (χ2n) is 6.45. The topological polar surface area (TPSA) is 64.1 Å². The Morgan fingerprint density at radius 1 is 1.30 bits per heavy atom. The van der Waals surface area contributed by atoms with E-state index in [2.05, 4.69) is 36.1 Å². The summed E-state index contributed by atoms with van der Waals surface area (Å²) in [7, 11) is 1.61. The number of amides is 1. The first-order chi connectivity index (χ1) is 10.9. The van der Waals surface area contributed by atoms with Crippen LogP contribution in [0.1, 0.15) is 37.6 Å². The van der Waals surface area contributed by atoms with Gasteiger partial charge < -0.3 is 10.1 Å². The maximum atomic E-state index is 12.2. The molecule has 1 amide bonds. The molecule has 5 heteroatoms. The van der Waals surface area contributed by atoms with Crippen molar-refractivity contribution in [1.29, 1.82) is 0 Å². The van der Waals surface area contributed by atoms with Crippen molar-refractivity contribution in [3.63, 3.8) is 0 Å². The van der Waals surface area contributed by atoms with Gasteiger partial charge in [-0.2, -0.15) is 0 Å². The van der Waals surface area contributed by atoms with Crippen molar-refractivity contribution in [2.45, 2.75) is 39.2 Å². The fraction of sp³-hybridized carbons (Fsp3) is 0.389. The lowest BCUT2D eigenvalue weighted by molar-refractivity contribution is -0.120. The molecule has 5 nitrogen and oxygen atoms in total. The van der Waals surface area contributed by atoms with E-state index in [4.69, 9.17) is 4.74 Å².